The van der Waals surface area contributed by atoms with Crippen LogP contribution in [0.5, 0.6) is 0 Å². The van der Waals surface area contributed by atoms with Crippen molar-refractivity contribution < 1.29 is 0 Å². The monoisotopic (exact) mass is 248 g/mol. The SMILES string of the molecule is Cn1cc(C2CCCCN2)c2ccc(Cl)cc21. The Morgan fingerprint density at radius 3 is 3.00 bits per heavy atom. The number of fused-ring (bicyclic) bond motifs is 1. The van der Waals surface area contributed by atoms with Gasteiger partial charge >= 0.3 is 0 Å². The molecule has 17 heavy (non-hydrogen) atoms. The first-order valence-corrected chi connectivity index (χ1v) is 6.61. The minimum absolute atomic E-state index is 0.508. The molecule has 1 saturated heterocycles. The molecular formula is C14H17ClN2. The maximum atomic E-state index is 6.06. The third kappa shape index (κ3) is 1.96. The van der Waals surface area contributed by atoms with Crippen molar-refractivity contribution in [3.05, 3.63) is 35.0 Å². The molecule has 1 aromatic heterocycles. The summed E-state index contributed by atoms with van der Waals surface area (Å²) < 4.78 is 2.17. The number of aromatic nitrogens is 1. The molecule has 0 amide bonds. The zero-order valence-electron chi connectivity index (χ0n) is 10.0. The van der Waals surface area contributed by atoms with Crippen molar-refractivity contribution in [3.8, 4) is 0 Å². The summed E-state index contributed by atoms with van der Waals surface area (Å²) in [5, 5.41) is 5.75. The zero-order valence-corrected chi connectivity index (χ0v) is 10.8. The molecule has 0 spiro atoms. The molecule has 0 saturated carbocycles. The van der Waals surface area contributed by atoms with Crippen LogP contribution >= 0.6 is 11.6 Å². The van der Waals surface area contributed by atoms with Crippen LogP contribution in [0, 0.1) is 0 Å². The van der Waals surface area contributed by atoms with Gasteiger partial charge < -0.3 is 9.88 Å². The normalized spacial score (nSPS) is 20.9. The summed E-state index contributed by atoms with van der Waals surface area (Å²) >= 11 is 6.06. The Morgan fingerprint density at radius 2 is 2.24 bits per heavy atom. The Kier molecular flexibility index (Phi) is 2.85. The number of nitrogens with one attached hydrogen (secondary N) is 1. The summed E-state index contributed by atoms with van der Waals surface area (Å²) in [5.41, 5.74) is 2.64. The van der Waals surface area contributed by atoms with Crippen molar-refractivity contribution in [1.29, 1.82) is 0 Å². The van der Waals surface area contributed by atoms with Crippen molar-refractivity contribution in [3.63, 3.8) is 0 Å². The van der Waals surface area contributed by atoms with Gasteiger partial charge in [0.05, 0.1) is 0 Å². The molecular weight excluding hydrogens is 232 g/mol. The number of halogens is 1. The number of hydrogen-bond donors (Lipinski definition) is 1. The molecule has 1 fully saturated rings. The Morgan fingerprint density at radius 1 is 1.35 bits per heavy atom. The van der Waals surface area contributed by atoms with Crippen LogP contribution in [-0.4, -0.2) is 11.1 Å². The highest BCUT2D eigenvalue weighted by Gasteiger charge is 2.18. The highest BCUT2D eigenvalue weighted by Crippen LogP contribution is 2.31. The highest BCUT2D eigenvalue weighted by molar-refractivity contribution is 6.31. The van der Waals surface area contributed by atoms with E-state index in [4.69, 9.17) is 11.6 Å². The van der Waals surface area contributed by atoms with E-state index in [9.17, 15) is 0 Å². The van der Waals surface area contributed by atoms with Crippen molar-refractivity contribution in [2.45, 2.75) is 25.3 Å². The Bertz CT molecular complexity index is 538. The maximum Gasteiger partial charge on any atom is 0.0496 e. The Balaban J connectivity index is 2.10. The van der Waals surface area contributed by atoms with E-state index in [2.05, 4.69) is 29.2 Å². The topological polar surface area (TPSA) is 17.0 Å². The lowest BCUT2D eigenvalue weighted by atomic mass is 9.97. The number of nitrogens with zero attached hydrogens (tertiary/aromatic N) is 1. The smallest absolute Gasteiger partial charge is 0.0496 e. The molecule has 3 heteroatoms. The lowest BCUT2D eigenvalue weighted by Gasteiger charge is -2.23. The highest BCUT2D eigenvalue weighted by atomic mass is 35.5. The summed E-state index contributed by atoms with van der Waals surface area (Å²) in [6, 6.07) is 6.68. The van der Waals surface area contributed by atoms with Gasteiger partial charge in [0.1, 0.15) is 0 Å². The number of hydrogen-bond acceptors (Lipinski definition) is 1. The number of benzene rings is 1. The van der Waals surface area contributed by atoms with Crippen LogP contribution in [-0.2, 0) is 7.05 Å². The van der Waals surface area contributed by atoms with Crippen molar-refractivity contribution in [2.75, 3.05) is 6.54 Å². The van der Waals surface area contributed by atoms with E-state index >= 15 is 0 Å². The summed E-state index contributed by atoms with van der Waals surface area (Å²) in [4.78, 5) is 0. The fourth-order valence-corrected chi connectivity index (χ4v) is 2.95. The van der Waals surface area contributed by atoms with Gasteiger partial charge in [-0.1, -0.05) is 24.1 Å². The predicted octanol–water partition coefficient (Wildman–Crippen LogP) is 3.65. The first-order valence-electron chi connectivity index (χ1n) is 6.23. The standard InChI is InChI=1S/C14H17ClN2/c1-17-9-12(13-4-2-3-7-16-13)11-6-5-10(15)8-14(11)17/h5-6,8-9,13,16H,2-4,7H2,1H3. The molecule has 1 aromatic carbocycles. The zero-order chi connectivity index (χ0) is 11.8. The van der Waals surface area contributed by atoms with Gasteiger partial charge in [-0.25, -0.2) is 0 Å². The average Bonchev–Trinajstić information content (AvgIpc) is 2.68. The second-order valence-corrected chi connectivity index (χ2v) is 5.30. The van der Waals surface area contributed by atoms with Gasteiger partial charge in [-0.05, 0) is 37.1 Å². The molecule has 2 aromatic rings. The lowest BCUT2D eigenvalue weighted by Crippen LogP contribution is -2.26. The molecule has 2 nitrogen and oxygen atoms in total. The molecule has 1 unspecified atom stereocenters. The summed E-state index contributed by atoms with van der Waals surface area (Å²) in [6.07, 6.45) is 6.10. The van der Waals surface area contributed by atoms with E-state index in [-0.39, 0.29) is 0 Å². The minimum atomic E-state index is 0.508. The van der Waals surface area contributed by atoms with Gasteiger partial charge in [0.2, 0.25) is 0 Å². The first kappa shape index (κ1) is 11.1. The molecule has 0 radical (unpaired) electrons. The quantitative estimate of drug-likeness (QED) is 0.815. The molecule has 0 bridgehead atoms. The molecule has 0 aliphatic carbocycles. The summed E-state index contributed by atoms with van der Waals surface area (Å²) in [7, 11) is 2.09. The van der Waals surface area contributed by atoms with Gasteiger partial charge in [-0.3, -0.25) is 0 Å². The second-order valence-electron chi connectivity index (χ2n) is 4.86. The molecule has 2 heterocycles. The predicted molar refractivity (Wildman–Crippen MR) is 72.5 cm³/mol. The van der Waals surface area contributed by atoms with Crippen molar-refractivity contribution in [2.24, 2.45) is 7.05 Å². The van der Waals surface area contributed by atoms with Crippen LogP contribution in [0.1, 0.15) is 30.9 Å². The van der Waals surface area contributed by atoms with Crippen LogP contribution in [0.4, 0.5) is 0 Å². The van der Waals surface area contributed by atoms with Gasteiger partial charge in [0.25, 0.3) is 0 Å². The van der Waals surface area contributed by atoms with Crippen LogP contribution < -0.4 is 5.32 Å². The molecule has 1 aliphatic rings. The van der Waals surface area contributed by atoms with Crippen LogP contribution in [0.2, 0.25) is 5.02 Å². The third-order valence-electron chi connectivity index (χ3n) is 3.67. The molecule has 1 N–H and O–H groups in total. The van der Waals surface area contributed by atoms with Crippen LogP contribution in [0.15, 0.2) is 24.4 Å². The van der Waals surface area contributed by atoms with E-state index in [1.165, 1.54) is 35.7 Å². The summed E-state index contributed by atoms with van der Waals surface area (Å²) in [5.74, 6) is 0. The first-order chi connectivity index (χ1) is 8.25. The minimum Gasteiger partial charge on any atom is -0.350 e. The van der Waals surface area contributed by atoms with Gasteiger partial charge in [0.15, 0.2) is 0 Å². The van der Waals surface area contributed by atoms with Crippen molar-refractivity contribution in [1.82, 2.24) is 9.88 Å². The molecule has 3 rings (SSSR count). The summed E-state index contributed by atoms with van der Waals surface area (Å²) in [6.45, 7) is 1.13. The molecule has 90 valence electrons. The fraction of sp³-hybridized carbons (Fsp3) is 0.429. The van der Waals surface area contributed by atoms with E-state index < -0.39 is 0 Å². The second kappa shape index (κ2) is 4.35. The van der Waals surface area contributed by atoms with Gasteiger partial charge in [-0.2, -0.15) is 0 Å². The molecule has 1 atom stereocenters. The van der Waals surface area contributed by atoms with E-state index in [1.54, 1.807) is 0 Å². The van der Waals surface area contributed by atoms with E-state index in [1.807, 2.05) is 12.1 Å². The Labute approximate surface area is 107 Å². The van der Waals surface area contributed by atoms with Gasteiger partial charge in [-0.15, -0.1) is 0 Å². The maximum absolute atomic E-state index is 6.06. The number of piperidine rings is 1. The average molecular weight is 249 g/mol. The number of rotatable bonds is 1. The number of aryl methyl sites for hydroxylation is 1. The van der Waals surface area contributed by atoms with E-state index in [0.717, 1.165) is 11.6 Å². The molecule has 1 aliphatic heterocycles. The van der Waals surface area contributed by atoms with Crippen molar-refractivity contribution >= 4 is 22.5 Å². The van der Waals surface area contributed by atoms with E-state index in [0.29, 0.717) is 6.04 Å². The Hall–Kier alpha value is -0.990. The fourth-order valence-electron chi connectivity index (χ4n) is 2.78. The van der Waals surface area contributed by atoms with Gasteiger partial charge in [0, 0.05) is 35.2 Å². The van der Waals surface area contributed by atoms with Crippen LogP contribution in [0.25, 0.3) is 10.9 Å². The largest absolute Gasteiger partial charge is 0.350 e. The lowest BCUT2D eigenvalue weighted by molar-refractivity contribution is 0.414. The third-order valence-corrected chi connectivity index (χ3v) is 3.90. The van der Waals surface area contributed by atoms with Crippen LogP contribution in [0.3, 0.4) is 0 Å².